The highest BCUT2D eigenvalue weighted by molar-refractivity contribution is 7.98. The first-order valence-corrected chi connectivity index (χ1v) is 18.4. The lowest BCUT2D eigenvalue weighted by Crippen LogP contribution is -2.53. The first-order chi connectivity index (χ1) is 23.0. The van der Waals surface area contributed by atoms with E-state index in [-0.39, 0.29) is 47.7 Å². The number of hydrogen-bond donors (Lipinski definition) is 1. The van der Waals surface area contributed by atoms with Gasteiger partial charge >= 0.3 is 0 Å². The Kier molecular flexibility index (Phi) is 13.0. The van der Waals surface area contributed by atoms with Gasteiger partial charge in [0.15, 0.2) is 0 Å². The van der Waals surface area contributed by atoms with Crippen LogP contribution in [0, 0.1) is 11.7 Å². The van der Waals surface area contributed by atoms with Crippen molar-refractivity contribution in [2.24, 2.45) is 5.92 Å². The van der Waals surface area contributed by atoms with Gasteiger partial charge in [-0.25, -0.2) is 12.8 Å². The number of sulfonamides is 1. The topological polar surface area (TPSA) is 96.0 Å². The van der Waals surface area contributed by atoms with Gasteiger partial charge in [0.25, 0.3) is 10.0 Å². The van der Waals surface area contributed by atoms with Crippen LogP contribution < -0.4 is 14.4 Å². The van der Waals surface area contributed by atoms with E-state index >= 15 is 0 Å². The van der Waals surface area contributed by atoms with Crippen LogP contribution in [0.5, 0.6) is 5.75 Å². The van der Waals surface area contributed by atoms with Gasteiger partial charge in [-0.2, -0.15) is 0 Å². The van der Waals surface area contributed by atoms with Crippen LogP contribution in [0.3, 0.4) is 0 Å². The van der Waals surface area contributed by atoms with E-state index in [1.54, 1.807) is 55.5 Å². The molecule has 0 fully saturated rings. The molecule has 48 heavy (non-hydrogen) atoms. The predicted molar refractivity (Wildman–Crippen MR) is 189 cm³/mol. The third kappa shape index (κ3) is 9.60. The summed E-state index contributed by atoms with van der Waals surface area (Å²) >= 11 is 1.48. The minimum atomic E-state index is -4.31. The second-order valence-corrected chi connectivity index (χ2v) is 14.3. The Hall–Kier alpha value is -4.35. The van der Waals surface area contributed by atoms with Gasteiger partial charge in [0.1, 0.15) is 24.2 Å². The maximum Gasteiger partial charge on any atom is 0.264 e. The van der Waals surface area contributed by atoms with Crippen molar-refractivity contribution in [2.75, 3.05) is 30.3 Å². The number of carbonyl (C=O) groups excluding carboxylic acids is 2. The molecule has 11 heteroatoms. The molecule has 0 aliphatic heterocycles. The third-order valence-corrected chi connectivity index (χ3v) is 10.1. The van der Waals surface area contributed by atoms with E-state index in [4.69, 9.17) is 4.74 Å². The summed E-state index contributed by atoms with van der Waals surface area (Å²) in [6.07, 6.45) is 2.07. The van der Waals surface area contributed by atoms with Gasteiger partial charge in [-0.3, -0.25) is 13.9 Å². The molecule has 0 aliphatic rings. The van der Waals surface area contributed by atoms with Crippen LogP contribution in [0.25, 0.3) is 0 Å². The summed E-state index contributed by atoms with van der Waals surface area (Å²) in [5, 5.41) is 2.96. The molecule has 0 saturated carbocycles. The second kappa shape index (κ2) is 17.2. The van der Waals surface area contributed by atoms with Gasteiger partial charge in [-0.1, -0.05) is 68.4 Å². The van der Waals surface area contributed by atoms with Crippen LogP contribution >= 0.6 is 11.8 Å². The van der Waals surface area contributed by atoms with Crippen LogP contribution in [-0.2, 0) is 32.6 Å². The molecule has 0 heterocycles. The molecule has 0 aromatic heterocycles. The number of carbonyl (C=O) groups is 2. The largest absolute Gasteiger partial charge is 0.492 e. The first-order valence-electron chi connectivity index (χ1n) is 15.8. The second-order valence-electron chi connectivity index (χ2n) is 11.6. The Bertz CT molecular complexity index is 1750. The van der Waals surface area contributed by atoms with Gasteiger partial charge in [0.05, 0.1) is 17.2 Å². The minimum absolute atomic E-state index is 0.00000174. The van der Waals surface area contributed by atoms with Crippen LogP contribution in [0.2, 0.25) is 0 Å². The van der Waals surface area contributed by atoms with Crippen LogP contribution in [0.15, 0.2) is 113 Å². The molecule has 4 aromatic carbocycles. The number of nitrogens with one attached hydrogen (secondary N) is 1. The summed E-state index contributed by atoms with van der Waals surface area (Å²) in [6.45, 7) is 5.70. The van der Waals surface area contributed by atoms with E-state index in [1.165, 1.54) is 40.9 Å². The highest BCUT2D eigenvalue weighted by Crippen LogP contribution is 2.33. The predicted octanol–water partition coefficient (Wildman–Crippen LogP) is 6.55. The molecule has 0 radical (unpaired) electrons. The Labute approximate surface area is 287 Å². The number of hydrogen-bond acceptors (Lipinski definition) is 6. The Morgan fingerprint density at radius 1 is 0.875 bits per heavy atom. The fourth-order valence-corrected chi connectivity index (χ4v) is 6.92. The van der Waals surface area contributed by atoms with Gasteiger partial charge in [0, 0.05) is 24.4 Å². The maximum atomic E-state index is 14.6. The van der Waals surface area contributed by atoms with E-state index in [2.05, 4.69) is 5.32 Å². The molecule has 0 aliphatic carbocycles. The summed E-state index contributed by atoms with van der Waals surface area (Å²) in [7, 11) is -4.31. The third-order valence-electron chi connectivity index (χ3n) is 7.58. The zero-order valence-electron chi connectivity index (χ0n) is 27.6. The number of amides is 2. The van der Waals surface area contributed by atoms with Crippen LogP contribution in [0.1, 0.15) is 31.9 Å². The molecule has 2 amide bonds. The molecule has 4 aromatic rings. The molecule has 0 unspecified atom stereocenters. The monoisotopic (exact) mass is 691 g/mol. The van der Waals surface area contributed by atoms with Crippen molar-refractivity contribution in [3.05, 3.63) is 120 Å². The lowest BCUT2D eigenvalue weighted by molar-refractivity contribution is -0.140. The molecule has 1 atom stereocenters. The lowest BCUT2D eigenvalue weighted by atomic mass is 10.0. The van der Waals surface area contributed by atoms with Crippen molar-refractivity contribution in [1.29, 1.82) is 0 Å². The highest BCUT2D eigenvalue weighted by atomic mass is 32.2. The van der Waals surface area contributed by atoms with Crippen molar-refractivity contribution in [3.63, 3.8) is 0 Å². The van der Waals surface area contributed by atoms with E-state index in [0.717, 1.165) is 14.8 Å². The van der Waals surface area contributed by atoms with Crippen molar-refractivity contribution < 1.29 is 27.1 Å². The zero-order chi connectivity index (χ0) is 34.7. The molecule has 4 rings (SSSR count). The standard InChI is InChI=1S/C37H42FN3O5S2/c1-5-46-35-14-10-9-13-33(35)41(48(44,45)32-21-19-31(47-4)20-22-32)26-36(42)40(25-29-15-17-30(38)18-16-29)34(37(43)39-24-27(2)3)23-28-11-7-6-8-12-28/h6-22,27,34H,5,23-26H2,1-4H3,(H,39,43)/t34-/m0/s1. The van der Waals surface area contributed by atoms with Crippen LogP contribution in [0.4, 0.5) is 10.1 Å². The number of benzene rings is 4. The average Bonchev–Trinajstić information content (AvgIpc) is 3.09. The molecule has 0 saturated heterocycles. The lowest BCUT2D eigenvalue weighted by Gasteiger charge is -2.34. The van der Waals surface area contributed by atoms with E-state index in [0.29, 0.717) is 12.1 Å². The number of anilines is 1. The van der Waals surface area contributed by atoms with E-state index < -0.39 is 34.3 Å². The molecule has 0 bridgehead atoms. The average molecular weight is 692 g/mol. The molecule has 8 nitrogen and oxygen atoms in total. The molecular formula is C37H42FN3O5S2. The molecular weight excluding hydrogens is 650 g/mol. The smallest absolute Gasteiger partial charge is 0.264 e. The van der Waals surface area contributed by atoms with E-state index in [9.17, 15) is 22.4 Å². The molecule has 254 valence electrons. The van der Waals surface area contributed by atoms with Crippen molar-refractivity contribution >= 4 is 39.3 Å². The number of para-hydroxylation sites is 2. The van der Waals surface area contributed by atoms with Gasteiger partial charge in [-0.15, -0.1) is 11.8 Å². The number of ether oxygens (including phenoxy) is 1. The highest BCUT2D eigenvalue weighted by Gasteiger charge is 2.35. The van der Waals surface area contributed by atoms with Gasteiger partial charge in [0.2, 0.25) is 11.8 Å². The minimum Gasteiger partial charge on any atom is -0.492 e. The zero-order valence-corrected chi connectivity index (χ0v) is 29.3. The van der Waals surface area contributed by atoms with Crippen LogP contribution in [-0.4, -0.2) is 57.1 Å². The fourth-order valence-electron chi connectivity index (χ4n) is 5.09. The number of nitrogens with zero attached hydrogens (tertiary/aromatic N) is 2. The van der Waals surface area contributed by atoms with Gasteiger partial charge in [-0.05, 0) is 78.8 Å². The molecule has 0 spiro atoms. The number of thioether (sulfide) groups is 1. The quantitative estimate of drug-likeness (QED) is 0.134. The van der Waals surface area contributed by atoms with E-state index in [1.807, 2.05) is 50.4 Å². The molecule has 1 N–H and O–H groups in total. The number of halogens is 1. The van der Waals surface area contributed by atoms with Gasteiger partial charge < -0.3 is 15.0 Å². The summed E-state index contributed by atoms with van der Waals surface area (Å²) in [4.78, 5) is 30.8. The SMILES string of the molecule is CCOc1ccccc1N(CC(=O)N(Cc1ccc(F)cc1)[C@@H](Cc1ccccc1)C(=O)NCC(C)C)S(=O)(=O)c1ccc(SC)cc1. The maximum absolute atomic E-state index is 14.6. The Balaban J connectivity index is 1.83. The normalized spacial score (nSPS) is 12.0. The van der Waals surface area contributed by atoms with Crippen molar-refractivity contribution in [1.82, 2.24) is 10.2 Å². The van der Waals surface area contributed by atoms with Crippen molar-refractivity contribution in [2.45, 2.75) is 49.6 Å². The number of rotatable bonds is 16. The summed E-state index contributed by atoms with van der Waals surface area (Å²) in [6, 6.07) is 27.1. The van der Waals surface area contributed by atoms with Crippen molar-refractivity contribution in [3.8, 4) is 5.75 Å². The summed E-state index contributed by atoms with van der Waals surface area (Å²) in [5.41, 5.74) is 1.59. The summed E-state index contributed by atoms with van der Waals surface area (Å²) < 4.78 is 49.5. The first kappa shape index (κ1) is 36.5. The summed E-state index contributed by atoms with van der Waals surface area (Å²) in [5.74, 6) is -0.988. The fraction of sp³-hybridized carbons (Fsp3) is 0.297. The Morgan fingerprint density at radius 2 is 1.52 bits per heavy atom. The Morgan fingerprint density at radius 3 is 2.15 bits per heavy atom.